The molecule has 3 aromatic carbocycles. The van der Waals surface area contributed by atoms with Gasteiger partial charge in [0.25, 0.3) is 0 Å². The second-order valence-corrected chi connectivity index (χ2v) is 9.90. The van der Waals surface area contributed by atoms with E-state index in [2.05, 4.69) is 24.0 Å². The Morgan fingerprint density at radius 3 is 2.38 bits per heavy atom. The summed E-state index contributed by atoms with van der Waals surface area (Å²) in [6.45, 7) is 6.69. The first kappa shape index (κ1) is 23.5. The smallest absolute Gasteiger partial charge is 0.168 e. The lowest BCUT2D eigenvalue weighted by molar-refractivity contribution is 0.122. The van der Waals surface area contributed by atoms with E-state index in [0.717, 1.165) is 28.2 Å². The van der Waals surface area contributed by atoms with Crippen LogP contribution in [0, 0.1) is 5.82 Å². The number of anilines is 1. The molecule has 1 aromatic heterocycles. The molecular weight excluding hydrogens is 471 g/mol. The summed E-state index contributed by atoms with van der Waals surface area (Å²) in [7, 11) is 0. The predicted octanol–water partition coefficient (Wildman–Crippen LogP) is 5.21. The number of fused-ring (bicyclic) bond motifs is 3. The first-order valence-corrected chi connectivity index (χ1v) is 12.7. The number of hydrogen-bond donors (Lipinski definition) is 2. The largest absolute Gasteiger partial charge is 0.507 e. The Labute approximate surface area is 214 Å². The van der Waals surface area contributed by atoms with E-state index >= 15 is 4.39 Å². The molecule has 8 heteroatoms. The highest BCUT2D eigenvalue weighted by Gasteiger charge is 2.28. The first-order chi connectivity index (χ1) is 17.9. The maximum atomic E-state index is 15.8. The highest BCUT2D eigenvalue weighted by Crippen LogP contribution is 2.42. The summed E-state index contributed by atoms with van der Waals surface area (Å²) in [5.41, 5.74) is 5.03. The van der Waals surface area contributed by atoms with Crippen molar-refractivity contribution in [1.29, 1.82) is 0 Å². The molecule has 1 fully saturated rings. The molecule has 0 unspecified atom stereocenters. The molecule has 0 atom stereocenters. The quantitative estimate of drug-likeness (QED) is 0.400. The van der Waals surface area contributed by atoms with Crippen molar-refractivity contribution in [2.24, 2.45) is 0 Å². The van der Waals surface area contributed by atoms with Gasteiger partial charge >= 0.3 is 0 Å². The van der Waals surface area contributed by atoms with E-state index in [9.17, 15) is 10.2 Å². The van der Waals surface area contributed by atoms with E-state index in [1.54, 1.807) is 18.2 Å². The third kappa shape index (κ3) is 3.92. The van der Waals surface area contributed by atoms with Gasteiger partial charge in [0, 0.05) is 30.6 Å². The van der Waals surface area contributed by atoms with Crippen LogP contribution in [0.15, 0.2) is 48.5 Å². The van der Waals surface area contributed by atoms with Crippen molar-refractivity contribution in [3.8, 4) is 39.7 Å². The molecule has 4 aromatic rings. The molecule has 0 saturated carbocycles. The molecule has 2 N–H and O–H groups in total. The SMILES string of the molecule is CC(C)c1cc(-c2nnc3n2-c2ccc(N4CCOCC4)c(F)c2CC3)ccc1-c1c(O)cccc1O. The van der Waals surface area contributed by atoms with Crippen LogP contribution in [0.1, 0.15) is 36.7 Å². The normalized spacial score (nSPS) is 15.1. The van der Waals surface area contributed by atoms with Crippen molar-refractivity contribution in [3.63, 3.8) is 0 Å². The summed E-state index contributed by atoms with van der Waals surface area (Å²) in [6, 6.07) is 14.4. The Hall–Kier alpha value is -3.91. The molecular formula is C29H29FN4O3. The van der Waals surface area contributed by atoms with E-state index < -0.39 is 0 Å². The van der Waals surface area contributed by atoms with Gasteiger partial charge < -0.3 is 19.8 Å². The van der Waals surface area contributed by atoms with E-state index in [1.807, 2.05) is 39.8 Å². The zero-order chi connectivity index (χ0) is 25.7. The van der Waals surface area contributed by atoms with Crippen molar-refractivity contribution in [2.75, 3.05) is 31.2 Å². The summed E-state index contributed by atoms with van der Waals surface area (Å²) in [5.74, 6) is 1.42. The molecule has 190 valence electrons. The van der Waals surface area contributed by atoms with Crippen LogP contribution in [0.5, 0.6) is 11.5 Å². The zero-order valence-electron chi connectivity index (χ0n) is 20.9. The Balaban J connectivity index is 1.46. The van der Waals surface area contributed by atoms with E-state index in [0.29, 0.717) is 61.8 Å². The van der Waals surface area contributed by atoms with E-state index in [-0.39, 0.29) is 23.2 Å². The van der Waals surface area contributed by atoms with Crippen molar-refractivity contribution in [1.82, 2.24) is 14.8 Å². The topological polar surface area (TPSA) is 83.6 Å². The molecule has 2 aliphatic heterocycles. The minimum Gasteiger partial charge on any atom is -0.507 e. The van der Waals surface area contributed by atoms with Gasteiger partial charge in [0.1, 0.15) is 17.3 Å². The summed E-state index contributed by atoms with van der Waals surface area (Å²) in [6.07, 6.45) is 1.17. The second kappa shape index (κ2) is 9.19. The van der Waals surface area contributed by atoms with Gasteiger partial charge in [-0.2, -0.15) is 0 Å². The Morgan fingerprint density at radius 1 is 0.919 bits per heavy atom. The lowest BCUT2D eigenvalue weighted by Crippen LogP contribution is -2.37. The number of benzene rings is 3. The zero-order valence-corrected chi connectivity index (χ0v) is 20.9. The average molecular weight is 501 g/mol. The molecule has 37 heavy (non-hydrogen) atoms. The molecule has 0 bridgehead atoms. The number of phenols is 2. The van der Waals surface area contributed by atoms with Gasteiger partial charge in [0.2, 0.25) is 0 Å². The molecule has 0 spiro atoms. The van der Waals surface area contributed by atoms with Crippen LogP contribution in [-0.2, 0) is 17.6 Å². The predicted molar refractivity (Wildman–Crippen MR) is 140 cm³/mol. The van der Waals surface area contributed by atoms with E-state index in [1.165, 1.54) is 0 Å². The van der Waals surface area contributed by atoms with E-state index in [4.69, 9.17) is 4.74 Å². The number of morpholine rings is 1. The van der Waals surface area contributed by atoms with Crippen molar-refractivity contribution in [3.05, 3.63) is 71.3 Å². The van der Waals surface area contributed by atoms with Gasteiger partial charge in [-0.15, -0.1) is 10.2 Å². The van der Waals surface area contributed by atoms with Crippen LogP contribution in [0.2, 0.25) is 0 Å². The molecule has 0 radical (unpaired) electrons. The Bertz CT molecular complexity index is 1470. The lowest BCUT2D eigenvalue weighted by atomic mass is 9.90. The number of halogens is 1. The summed E-state index contributed by atoms with van der Waals surface area (Å²) in [5, 5.41) is 29.9. The number of hydrogen-bond acceptors (Lipinski definition) is 6. The number of aromatic nitrogens is 3. The summed E-state index contributed by atoms with van der Waals surface area (Å²) < 4.78 is 23.2. The van der Waals surface area contributed by atoms with Gasteiger partial charge in [-0.1, -0.05) is 32.0 Å². The lowest BCUT2D eigenvalue weighted by Gasteiger charge is -2.31. The molecule has 2 aliphatic rings. The van der Waals surface area contributed by atoms with Gasteiger partial charge in [-0.05, 0) is 53.8 Å². The van der Waals surface area contributed by atoms with Crippen molar-refractivity contribution in [2.45, 2.75) is 32.6 Å². The summed E-state index contributed by atoms with van der Waals surface area (Å²) >= 11 is 0. The maximum Gasteiger partial charge on any atom is 0.168 e. The molecule has 0 amide bonds. The van der Waals surface area contributed by atoms with Gasteiger partial charge in [-0.25, -0.2) is 4.39 Å². The molecule has 6 rings (SSSR count). The fourth-order valence-corrected chi connectivity index (χ4v) is 5.46. The Morgan fingerprint density at radius 2 is 1.65 bits per heavy atom. The minimum atomic E-state index is -0.182. The number of phenolic OH excluding ortho intramolecular Hbond substituents is 2. The highest BCUT2D eigenvalue weighted by atomic mass is 19.1. The van der Waals surface area contributed by atoms with Crippen LogP contribution < -0.4 is 4.90 Å². The number of ether oxygens (including phenoxy) is 1. The third-order valence-corrected chi connectivity index (χ3v) is 7.34. The fourth-order valence-electron chi connectivity index (χ4n) is 5.46. The van der Waals surface area contributed by atoms with Crippen molar-refractivity contribution >= 4 is 5.69 Å². The van der Waals surface area contributed by atoms with Gasteiger partial charge in [-0.3, -0.25) is 4.57 Å². The number of aryl methyl sites for hydroxylation is 1. The number of rotatable bonds is 4. The summed E-state index contributed by atoms with van der Waals surface area (Å²) in [4.78, 5) is 2.05. The minimum absolute atomic E-state index is 0.0231. The molecule has 7 nitrogen and oxygen atoms in total. The van der Waals surface area contributed by atoms with Gasteiger partial charge in [0.05, 0.1) is 30.2 Å². The third-order valence-electron chi connectivity index (χ3n) is 7.34. The number of nitrogens with zero attached hydrogens (tertiary/aromatic N) is 4. The van der Waals surface area contributed by atoms with Crippen LogP contribution >= 0.6 is 0 Å². The second-order valence-electron chi connectivity index (χ2n) is 9.90. The monoisotopic (exact) mass is 500 g/mol. The van der Waals surface area contributed by atoms with Crippen LogP contribution in [0.4, 0.5) is 10.1 Å². The molecule has 3 heterocycles. The average Bonchev–Trinajstić information content (AvgIpc) is 3.34. The highest BCUT2D eigenvalue weighted by molar-refractivity contribution is 5.81. The molecule has 0 aliphatic carbocycles. The van der Waals surface area contributed by atoms with Crippen LogP contribution in [0.25, 0.3) is 28.2 Å². The van der Waals surface area contributed by atoms with Crippen LogP contribution in [0.3, 0.4) is 0 Å². The number of aromatic hydroxyl groups is 2. The fraction of sp³-hybridized carbons (Fsp3) is 0.310. The van der Waals surface area contributed by atoms with Crippen molar-refractivity contribution < 1.29 is 19.3 Å². The van der Waals surface area contributed by atoms with Crippen LogP contribution in [-0.4, -0.2) is 51.3 Å². The Kier molecular flexibility index (Phi) is 5.83. The maximum absolute atomic E-state index is 15.8. The molecule has 1 saturated heterocycles. The first-order valence-electron chi connectivity index (χ1n) is 12.7. The standard InChI is InChI=1S/C29H29FN4O3/c1-17(2)21-16-18(6-7-19(21)27-24(35)4-3-5-25(27)36)29-32-31-26-11-8-20-22(34(26)29)9-10-23(28(20)30)33-12-14-37-15-13-33/h3-7,9-10,16-17,35-36H,8,11-15H2,1-2H3. The van der Waals surface area contributed by atoms with Gasteiger partial charge in [0.15, 0.2) is 11.6 Å².